The predicted octanol–water partition coefficient (Wildman–Crippen LogP) is 3.56. The van der Waals surface area contributed by atoms with Crippen LogP contribution in [-0.4, -0.2) is 18.3 Å². The van der Waals surface area contributed by atoms with E-state index in [1.807, 2.05) is 0 Å². The molecule has 0 unspecified atom stereocenters. The van der Waals surface area contributed by atoms with Crippen molar-refractivity contribution in [1.29, 1.82) is 0 Å². The number of anilines is 1. The Bertz CT molecular complexity index is 653. The molecule has 0 atom stereocenters. The Morgan fingerprint density at radius 3 is 2.38 bits per heavy atom. The van der Waals surface area contributed by atoms with Crippen molar-refractivity contribution in [2.45, 2.75) is 6.92 Å². The first-order valence-electron chi connectivity index (χ1n) is 6.34. The number of carbonyl (C=O) groups excluding carboxylic acids is 2. The Kier molecular flexibility index (Phi) is 4.95. The van der Waals surface area contributed by atoms with Gasteiger partial charge in [-0.3, -0.25) is 9.59 Å². The van der Waals surface area contributed by atoms with Gasteiger partial charge in [-0.05, 0) is 36.4 Å². The molecule has 2 aromatic rings. The minimum atomic E-state index is -0.163. The summed E-state index contributed by atoms with van der Waals surface area (Å²) in [4.78, 5) is 22.9. The van der Waals surface area contributed by atoms with Crippen molar-refractivity contribution in [1.82, 2.24) is 0 Å². The molecule has 4 nitrogen and oxygen atoms in total. The van der Waals surface area contributed by atoms with E-state index in [9.17, 15) is 9.59 Å². The van der Waals surface area contributed by atoms with Crippen LogP contribution in [0.15, 0.2) is 48.5 Å². The van der Waals surface area contributed by atoms with Crippen molar-refractivity contribution in [3.63, 3.8) is 0 Å². The van der Waals surface area contributed by atoms with E-state index in [4.69, 9.17) is 16.3 Å². The number of ketones is 1. The van der Waals surface area contributed by atoms with Crippen LogP contribution in [0.5, 0.6) is 5.75 Å². The Labute approximate surface area is 127 Å². The molecule has 0 heterocycles. The van der Waals surface area contributed by atoms with Crippen molar-refractivity contribution >= 4 is 29.0 Å². The fraction of sp³-hybridized carbons (Fsp3) is 0.125. The lowest BCUT2D eigenvalue weighted by molar-refractivity contribution is -0.114. The van der Waals surface area contributed by atoms with Gasteiger partial charge >= 0.3 is 0 Å². The number of hydrogen-bond donors (Lipinski definition) is 1. The monoisotopic (exact) mass is 303 g/mol. The molecule has 1 amide bonds. The number of carbonyl (C=O) groups is 2. The average Bonchev–Trinajstić information content (AvgIpc) is 2.46. The summed E-state index contributed by atoms with van der Waals surface area (Å²) in [7, 11) is 0. The highest BCUT2D eigenvalue weighted by Gasteiger charge is 2.08. The molecule has 108 valence electrons. The third-order valence-electron chi connectivity index (χ3n) is 2.72. The molecule has 0 spiro atoms. The number of nitrogens with one attached hydrogen (secondary N) is 1. The second-order valence-electron chi connectivity index (χ2n) is 4.40. The molecule has 2 rings (SSSR count). The highest BCUT2D eigenvalue weighted by molar-refractivity contribution is 6.32. The lowest BCUT2D eigenvalue weighted by Gasteiger charge is -2.07. The molecule has 0 fully saturated rings. The number of amides is 1. The summed E-state index contributed by atoms with van der Waals surface area (Å²) in [6.45, 7) is 1.33. The van der Waals surface area contributed by atoms with E-state index in [2.05, 4.69) is 5.32 Å². The topological polar surface area (TPSA) is 55.4 Å². The smallest absolute Gasteiger partial charge is 0.221 e. The van der Waals surface area contributed by atoms with Crippen molar-refractivity contribution in [3.05, 3.63) is 59.1 Å². The van der Waals surface area contributed by atoms with E-state index in [0.29, 0.717) is 22.0 Å². The highest BCUT2D eigenvalue weighted by atomic mass is 35.5. The highest BCUT2D eigenvalue weighted by Crippen LogP contribution is 2.23. The van der Waals surface area contributed by atoms with Crippen molar-refractivity contribution in [3.8, 4) is 5.75 Å². The van der Waals surface area contributed by atoms with Crippen LogP contribution in [0.4, 0.5) is 5.69 Å². The maximum Gasteiger partial charge on any atom is 0.221 e. The number of hydrogen-bond acceptors (Lipinski definition) is 3. The second-order valence-corrected chi connectivity index (χ2v) is 4.81. The third kappa shape index (κ3) is 4.33. The Morgan fingerprint density at radius 1 is 1.10 bits per heavy atom. The van der Waals surface area contributed by atoms with Crippen LogP contribution in [0.1, 0.15) is 17.3 Å². The summed E-state index contributed by atoms with van der Waals surface area (Å²) < 4.78 is 5.40. The minimum absolute atomic E-state index is 0.0940. The van der Waals surface area contributed by atoms with Crippen molar-refractivity contribution in [2.24, 2.45) is 0 Å². The summed E-state index contributed by atoms with van der Waals surface area (Å²) in [5.41, 5.74) is 1.15. The van der Waals surface area contributed by atoms with Gasteiger partial charge in [0.25, 0.3) is 0 Å². The Morgan fingerprint density at radius 2 is 1.76 bits per heavy atom. The maximum atomic E-state index is 12.0. The van der Waals surface area contributed by atoms with Gasteiger partial charge in [-0.15, -0.1) is 0 Å². The van der Waals surface area contributed by atoms with Crippen LogP contribution in [0.2, 0.25) is 5.02 Å². The van der Waals surface area contributed by atoms with Gasteiger partial charge in [0.05, 0.1) is 5.02 Å². The van der Waals surface area contributed by atoms with Gasteiger partial charge in [0, 0.05) is 18.2 Å². The van der Waals surface area contributed by atoms with E-state index in [1.54, 1.807) is 48.5 Å². The number of para-hydroxylation sites is 1. The van der Waals surface area contributed by atoms with Crippen LogP contribution in [0, 0.1) is 0 Å². The number of benzene rings is 2. The molecule has 2 aromatic carbocycles. The first-order valence-corrected chi connectivity index (χ1v) is 6.72. The molecule has 21 heavy (non-hydrogen) atoms. The summed E-state index contributed by atoms with van der Waals surface area (Å²) in [6.07, 6.45) is 0. The lowest BCUT2D eigenvalue weighted by Crippen LogP contribution is -2.12. The normalized spacial score (nSPS) is 10.0. The van der Waals surface area contributed by atoms with E-state index < -0.39 is 0 Å². The molecule has 0 aliphatic carbocycles. The zero-order chi connectivity index (χ0) is 15.2. The molecule has 0 radical (unpaired) electrons. The van der Waals surface area contributed by atoms with Crippen LogP contribution in [-0.2, 0) is 4.79 Å². The minimum Gasteiger partial charge on any atom is -0.484 e. The molecule has 0 saturated carbocycles. The van der Waals surface area contributed by atoms with Crippen LogP contribution >= 0.6 is 11.6 Å². The van der Waals surface area contributed by atoms with E-state index in [1.165, 1.54) is 6.92 Å². The summed E-state index contributed by atoms with van der Waals surface area (Å²) in [5, 5.41) is 3.10. The van der Waals surface area contributed by atoms with Crippen molar-refractivity contribution in [2.75, 3.05) is 11.9 Å². The molecular formula is C16H14ClNO3. The number of ether oxygens (including phenoxy) is 1. The van der Waals surface area contributed by atoms with Gasteiger partial charge < -0.3 is 10.1 Å². The molecule has 0 bridgehead atoms. The first kappa shape index (κ1) is 15.1. The van der Waals surface area contributed by atoms with Crippen LogP contribution in [0.25, 0.3) is 0 Å². The SMILES string of the molecule is CC(=O)Nc1ccc(C(=O)COc2ccccc2Cl)cc1. The molecule has 0 aromatic heterocycles. The fourth-order valence-electron chi connectivity index (χ4n) is 1.73. The first-order chi connectivity index (χ1) is 10.1. The fourth-order valence-corrected chi connectivity index (χ4v) is 1.92. The van der Waals surface area contributed by atoms with Crippen LogP contribution in [0.3, 0.4) is 0 Å². The van der Waals surface area contributed by atoms with Gasteiger partial charge in [-0.1, -0.05) is 23.7 Å². The summed E-state index contributed by atoms with van der Waals surface area (Å²) >= 11 is 5.95. The molecule has 0 saturated heterocycles. The van der Waals surface area contributed by atoms with Crippen LogP contribution < -0.4 is 10.1 Å². The average molecular weight is 304 g/mol. The quantitative estimate of drug-likeness (QED) is 0.859. The summed E-state index contributed by atoms with van der Waals surface area (Å²) in [5.74, 6) is 0.155. The maximum absolute atomic E-state index is 12.0. The lowest BCUT2D eigenvalue weighted by atomic mass is 10.1. The van der Waals surface area contributed by atoms with Gasteiger partial charge in [0.15, 0.2) is 12.4 Å². The van der Waals surface area contributed by atoms with E-state index >= 15 is 0 Å². The molecule has 0 aliphatic rings. The molecule has 0 aliphatic heterocycles. The van der Waals surface area contributed by atoms with Gasteiger partial charge in [-0.25, -0.2) is 0 Å². The molecular weight excluding hydrogens is 290 g/mol. The van der Waals surface area contributed by atoms with Gasteiger partial charge in [0.2, 0.25) is 5.91 Å². The number of rotatable bonds is 5. The van der Waals surface area contributed by atoms with E-state index in [0.717, 1.165) is 0 Å². The van der Waals surface area contributed by atoms with Gasteiger partial charge in [-0.2, -0.15) is 0 Å². The zero-order valence-electron chi connectivity index (χ0n) is 11.4. The number of halogens is 1. The Hall–Kier alpha value is -2.33. The summed E-state index contributed by atoms with van der Waals surface area (Å²) in [6, 6.07) is 13.6. The van der Waals surface area contributed by atoms with E-state index in [-0.39, 0.29) is 18.3 Å². The molecule has 1 N–H and O–H groups in total. The molecule has 5 heteroatoms. The predicted molar refractivity (Wildman–Crippen MR) is 82.0 cm³/mol. The second kappa shape index (κ2) is 6.90. The van der Waals surface area contributed by atoms with Crippen molar-refractivity contribution < 1.29 is 14.3 Å². The van der Waals surface area contributed by atoms with Gasteiger partial charge in [0.1, 0.15) is 5.75 Å². The number of Topliss-reactive ketones (excluding diaryl/α,β-unsaturated/α-hetero) is 1. The standard InChI is InChI=1S/C16H14ClNO3/c1-11(19)18-13-8-6-12(7-9-13)15(20)10-21-16-5-3-2-4-14(16)17/h2-9H,10H2,1H3,(H,18,19). The Balaban J connectivity index is 1.97. The third-order valence-corrected chi connectivity index (χ3v) is 3.03. The largest absolute Gasteiger partial charge is 0.484 e. The zero-order valence-corrected chi connectivity index (χ0v) is 12.2.